The highest BCUT2D eigenvalue weighted by Gasteiger charge is 2.25. The number of hydrogen-bond acceptors (Lipinski definition) is 2. The summed E-state index contributed by atoms with van der Waals surface area (Å²) in [6, 6.07) is 5.52. The van der Waals surface area contributed by atoms with Crippen molar-refractivity contribution in [3.63, 3.8) is 0 Å². The second-order valence-electron chi connectivity index (χ2n) is 4.63. The van der Waals surface area contributed by atoms with E-state index in [-0.39, 0.29) is 18.0 Å². The largest absolute Gasteiger partial charge is 0.348 e. The summed E-state index contributed by atoms with van der Waals surface area (Å²) < 4.78 is 0. The number of benzene rings is 1. The molecule has 0 aromatic heterocycles. The molecule has 1 aromatic carbocycles. The molecule has 2 unspecified atom stereocenters. The minimum Gasteiger partial charge on any atom is -0.348 e. The Kier molecular flexibility index (Phi) is 3.69. The summed E-state index contributed by atoms with van der Waals surface area (Å²) in [5, 5.41) is 3.57. The molecule has 0 radical (unpaired) electrons. The average Bonchev–Trinajstić information content (AvgIpc) is 2.68. The Labute approximate surface area is 106 Å². The van der Waals surface area contributed by atoms with E-state index < -0.39 is 0 Å². The van der Waals surface area contributed by atoms with Crippen molar-refractivity contribution >= 4 is 17.5 Å². The molecule has 0 aliphatic heterocycles. The van der Waals surface area contributed by atoms with Crippen molar-refractivity contribution in [3.05, 3.63) is 34.3 Å². The molecule has 3 N–H and O–H groups in total. The van der Waals surface area contributed by atoms with Gasteiger partial charge in [-0.25, -0.2) is 0 Å². The fourth-order valence-electron chi connectivity index (χ4n) is 2.25. The van der Waals surface area contributed by atoms with Crippen molar-refractivity contribution in [1.29, 1.82) is 0 Å². The summed E-state index contributed by atoms with van der Waals surface area (Å²) >= 11 is 5.90. The Morgan fingerprint density at radius 1 is 1.47 bits per heavy atom. The van der Waals surface area contributed by atoms with E-state index in [4.69, 9.17) is 17.3 Å². The Morgan fingerprint density at radius 2 is 2.24 bits per heavy atom. The SMILES string of the molecule is Cc1ccc(Cl)cc1C(=O)NC1CCCC1N. The van der Waals surface area contributed by atoms with Gasteiger partial charge in [-0.15, -0.1) is 0 Å². The average molecular weight is 253 g/mol. The van der Waals surface area contributed by atoms with E-state index in [0.717, 1.165) is 24.8 Å². The van der Waals surface area contributed by atoms with E-state index in [9.17, 15) is 4.79 Å². The summed E-state index contributed by atoms with van der Waals surface area (Å²) in [7, 11) is 0. The number of halogens is 1. The van der Waals surface area contributed by atoms with Crippen LogP contribution in [0.5, 0.6) is 0 Å². The van der Waals surface area contributed by atoms with Crippen LogP contribution in [0, 0.1) is 6.92 Å². The molecule has 2 atom stereocenters. The van der Waals surface area contributed by atoms with Crippen molar-refractivity contribution < 1.29 is 4.79 Å². The van der Waals surface area contributed by atoms with Crippen molar-refractivity contribution in [2.45, 2.75) is 38.3 Å². The normalized spacial score (nSPS) is 23.7. The van der Waals surface area contributed by atoms with Crippen LogP contribution in [-0.4, -0.2) is 18.0 Å². The minimum atomic E-state index is -0.0765. The van der Waals surface area contributed by atoms with E-state index in [1.807, 2.05) is 13.0 Å². The lowest BCUT2D eigenvalue weighted by atomic mass is 10.1. The molecule has 0 bridgehead atoms. The molecule has 2 rings (SSSR count). The van der Waals surface area contributed by atoms with Gasteiger partial charge in [-0.2, -0.15) is 0 Å². The number of aryl methyl sites for hydroxylation is 1. The number of carbonyl (C=O) groups is 1. The van der Waals surface area contributed by atoms with Crippen LogP contribution in [0.25, 0.3) is 0 Å². The van der Waals surface area contributed by atoms with Crippen LogP contribution in [0.1, 0.15) is 35.2 Å². The van der Waals surface area contributed by atoms with Crippen LogP contribution >= 0.6 is 11.6 Å². The van der Waals surface area contributed by atoms with Gasteiger partial charge in [-0.05, 0) is 43.9 Å². The van der Waals surface area contributed by atoms with Crippen molar-refractivity contribution in [2.24, 2.45) is 5.73 Å². The lowest BCUT2D eigenvalue weighted by Gasteiger charge is -2.18. The first-order valence-corrected chi connectivity index (χ1v) is 6.28. The maximum absolute atomic E-state index is 12.1. The van der Waals surface area contributed by atoms with Gasteiger partial charge < -0.3 is 11.1 Å². The molecule has 1 aromatic rings. The Morgan fingerprint density at radius 3 is 2.88 bits per heavy atom. The molecule has 17 heavy (non-hydrogen) atoms. The molecule has 0 spiro atoms. The maximum Gasteiger partial charge on any atom is 0.251 e. The van der Waals surface area contributed by atoms with Crippen molar-refractivity contribution in [2.75, 3.05) is 0 Å². The molecule has 1 saturated carbocycles. The molecule has 0 saturated heterocycles. The summed E-state index contributed by atoms with van der Waals surface area (Å²) in [6.45, 7) is 1.90. The molecule has 1 aliphatic rings. The number of amides is 1. The number of hydrogen-bond donors (Lipinski definition) is 2. The van der Waals surface area contributed by atoms with Gasteiger partial charge in [0.2, 0.25) is 0 Å². The quantitative estimate of drug-likeness (QED) is 0.848. The van der Waals surface area contributed by atoms with Crippen LogP contribution in [0.4, 0.5) is 0 Å². The first-order valence-electron chi connectivity index (χ1n) is 5.90. The number of carbonyl (C=O) groups excluding carboxylic acids is 1. The second-order valence-corrected chi connectivity index (χ2v) is 5.07. The van der Waals surface area contributed by atoms with E-state index in [0.29, 0.717) is 10.6 Å². The second kappa shape index (κ2) is 5.07. The number of nitrogens with two attached hydrogens (primary N) is 1. The van der Waals surface area contributed by atoms with Gasteiger partial charge in [0.25, 0.3) is 5.91 Å². The van der Waals surface area contributed by atoms with Crippen LogP contribution in [-0.2, 0) is 0 Å². The fraction of sp³-hybridized carbons (Fsp3) is 0.462. The van der Waals surface area contributed by atoms with Crippen molar-refractivity contribution in [3.8, 4) is 0 Å². The molecule has 1 amide bonds. The molecule has 1 aliphatic carbocycles. The summed E-state index contributed by atoms with van der Waals surface area (Å²) in [5.74, 6) is -0.0765. The van der Waals surface area contributed by atoms with Gasteiger partial charge in [0, 0.05) is 22.7 Å². The zero-order chi connectivity index (χ0) is 12.4. The highest BCUT2D eigenvalue weighted by atomic mass is 35.5. The van der Waals surface area contributed by atoms with Crippen LogP contribution in [0.15, 0.2) is 18.2 Å². The number of nitrogens with one attached hydrogen (secondary N) is 1. The zero-order valence-corrected chi connectivity index (χ0v) is 10.6. The molecule has 0 heterocycles. The standard InChI is InChI=1S/C13H17ClN2O/c1-8-5-6-9(14)7-10(8)13(17)16-12-4-2-3-11(12)15/h5-7,11-12H,2-4,15H2,1H3,(H,16,17). The highest BCUT2D eigenvalue weighted by molar-refractivity contribution is 6.31. The van der Waals surface area contributed by atoms with E-state index in [1.165, 1.54) is 0 Å². The van der Waals surface area contributed by atoms with Gasteiger partial charge >= 0.3 is 0 Å². The lowest BCUT2D eigenvalue weighted by molar-refractivity contribution is 0.0934. The molecular formula is C13H17ClN2O. The third-order valence-corrected chi connectivity index (χ3v) is 3.57. The van der Waals surface area contributed by atoms with Crippen LogP contribution in [0.2, 0.25) is 5.02 Å². The summed E-state index contributed by atoms with van der Waals surface area (Å²) in [5.41, 5.74) is 7.50. The van der Waals surface area contributed by atoms with Gasteiger partial charge in [0.15, 0.2) is 0 Å². The van der Waals surface area contributed by atoms with Gasteiger partial charge in [-0.3, -0.25) is 4.79 Å². The van der Waals surface area contributed by atoms with E-state index in [2.05, 4.69) is 5.32 Å². The lowest BCUT2D eigenvalue weighted by Crippen LogP contribution is -2.44. The summed E-state index contributed by atoms with van der Waals surface area (Å²) in [6.07, 6.45) is 3.03. The Bertz CT molecular complexity index is 433. The van der Waals surface area contributed by atoms with Crippen LogP contribution < -0.4 is 11.1 Å². The summed E-state index contributed by atoms with van der Waals surface area (Å²) in [4.78, 5) is 12.1. The molecule has 3 nitrogen and oxygen atoms in total. The Balaban J connectivity index is 2.11. The zero-order valence-electron chi connectivity index (χ0n) is 9.87. The molecular weight excluding hydrogens is 236 g/mol. The number of rotatable bonds is 2. The predicted molar refractivity (Wildman–Crippen MR) is 69.3 cm³/mol. The van der Waals surface area contributed by atoms with Crippen molar-refractivity contribution in [1.82, 2.24) is 5.32 Å². The topological polar surface area (TPSA) is 55.1 Å². The minimum absolute atomic E-state index is 0.0765. The molecule has 4 heteroatoms. The molecule has 1 fully saturated rings. The monoisotopic (exact) mass is 252 g/mol. The molecule has 92 valence electrons. The first kappa shape index (κ1) is 12.4. The smallest absolute Gasteiger partial charge is 0.251 e. The highest BCUT2D eigenvalue weighted by Crippen LogP contribution is 2.19. The first-order chi connectivity index (χ1) is 8.08. The van der Waals surface area contributed by atoms with E-state index >= 15 is 0 Å². The third kappa shape index (κ3) is 2.79. The third-order valence-electron chi connectivity index (χ3n) is 3.33. The fourth-order valence-corrected chi connectivity index (χ4v) is 2.43. The van der Waals surface area contributed by atoms with Gasteiger partial charge in [0.05, 0.1) is 0 Å². The van der Waals surface area contributed by atoms with Crippen LogP contribution in [0.3, 0.4) is 0 Å². The van der Waals surface area contributed by atoms with Gasteiger partial charge in [-0.1, -0.05) is 17.7 Å². The maximum atomic E-state index is 12.1. The predicted octanol–water partition coefficient (Wildman–Crippen LogP) is 2.26. The van der Waals surface area contributed by atoms with Gasteiger partial charge in [0.1, 0.15) is 0 Å². The van der Waals surface area contributed by atoms with E-state index in [1.54, 1.807) is 12.1 Å². The Hall–Kier alpha value is -1.06.